The van der Waals surface area contributed by atoms with Crippen molar-refractivity contribution in [2.75, 3.05) is 12.4 Å². The molecule has 3 amide bonds. The van der Waals surface area contributed by atoms with E-state index in [1.807, 2.05) is 13.8 Å². The lowest BCUT2D eigenvalue weighted by atomic mass is 9.85. The van der Waals surface area contributed by atoms with E-state index in [1.54, 1.807) is 24.0 Å². The molecule has 0 saturated heterocycles. The largest absolute Gasteiger partial charge is 0.386 e. The standard InChI is InChI=1S/C22H29ClN6O3/c1-22(2)11-29-18(19(22)30)15(9-26-29)14-8-17(25-10-16(14)23)28-21(32)27-13-6-4-5-12(7-13)20(31)24-3/h8-10,12-13,19,30H,4-7,11H2,1-3H3,(H,24,31)(H2,25,27,28,32)/t12-,13+,19?/m0/s1. The maximum Gasteiger partial charge on any atom is 0.320 e. The minimum Gasteiger partial charge on any atom is -0.386 e. The summed E-state index contributed by atoms with van der Waals surface area (Å²) >= 11 is 6.41. The summed E-state index contributed by atoms with van der Waals surface area (Å²) in [6, 6.07) is 1.23. The van der Waals surface area contributed by atoms with Crippen molar-refractivity contribution in [2.45, 2.75) is 58.2 Å². The number of aliphatic hydroxyl groups is 1. The molecule has 3 atom stereocenters. The Bertz CT molecular complexity index is 1040. The summed E-state index contributed by atoms with van der Waals surface area (Å²) < 4.78 is 1.79. The molecule has 4 N–H and O–H groups in total. The molecule has 32 heavy (non-hydrogen) atoms. The van der Waals surface area contributed by atoms with E-state index >= 15 is 0 Å². The number of pyridine rings is 1. The van der Waals surface area contributed by atoms with Crippen molar-refractivity contribution in [3.8, 4) is 11.1 Å². The second-order valence-electron chi connectivity index (χ2n) is 9.31. The summed E-state index contributed by atoms with van der Waals surface area (Å²) in [6.07, 6.45) is 5.64. The number of amides is 3. The molecule has 2 aromatic heterocycles. The quantitative estimate of drug-likeness (QED) is 0.558. The van der Waals surface area contributed by atoms with Crippen LogP contribution in [0.1, 0.15) is 51.3 Å². The van der Waals surface area contributed by atoms with Crippen molar-refractivity contribution in [3.05, 3.63) is 29.2 Å². The van der Waals surface area contributed by atoms with Gasteiger partial charge in [0.15, 0.2) is 0 Å². The first kappa shape index (κ1) is 22.5. The molecular weight excluding hydrogens is 432 g/mol. The molecule has 1 aliphatic carbocycles. The smallest absolute Gasteiger partial charge is 0.320 e. The monoisotopic (exact) mass is 460 g/mol. The summed E-state index contributed by atoms with van der Waals surface area (Å²) in [7, 11) is 1.63. The highest BCUT2D eigenvalue weighted by atomic mass is 35.5. The summed E-state index contributed by atoms with van der Waals surface area (Å²) in [5, 5.41) is 24.0. The van der Waals surface area contributed by atoms with Crippen molar-refractivity contribution in [1.29, 1.82) is 0 Å². The average molecular weight is 461 g/mol. The Morgan fingerprint density at radius 3 is 2.78 bits per heavy atom. The number of urea groups is 1. The molecule has 0 spiro atoms. The fraction of sp³-hybridized carbons (Fsp3) is 0.545. The Morgan fingerprint density at radius 1 is 1.25 bits per heavy atom. The first-order chi connectivity index (χ1) is 15.2. The molecule has 0 bridgehead atoms. The van der Waals surface area contributed by atoms with Gasteiger partial charge in [-0.1, -0.05) is 31.9 Å². The second-order valence-corrected chi connectivity index (χ2v) is 9.72. The van der Waals surface area contributed by atoms with Gasteiger partial charge in [-0.25, -0.2) is 9.78 Å². The number of fused-ring (bicyclic) bond motifs is 1. The molecule has 2 aliphatic rings. The van der Waals surface area contributed by atoms with Gasteiger partial charge < -0.3 is 15.7 Å². The van der Waals surface area contributed by atoms with Gasteiger partial charge in [-0.05, 0) is 25.3 Å². The topological polar surface area (TPSA) is 121 Å². The fourth-order valence-corrected chi connectivity index (χ4v) is 4.88. The normalized spacial score (nSPS) is 24.0. The molecule has 1 unspecified atom stereocenters. The number of carbonyl (C=O) groups is 2. The third-order valence-corrected chi connectivity index (χ3v) is 6.75. The zero-order chi connectivity index (χ0) is 23.0. The van der Waals surface area contributed by atoms with Crippen LogP contribution in [-0.2, 0) is 11.3 Å². The number of anilines is 1. The predicted octanol–water partition coefficient (Wildman–Crippen LogP) is 3.10. The van der Waals surface area contributed by atoms with Crippen LogP contribution in [0.2, 0.25) is 5.02 Å². The van der Waals surface area contributed by atoms with Gasteiger partial charge in [0.25, 0.3) is 0 Å². The van der Waals surface area contributed by atoms with Crippen molar-refractivity contribution in [1.82, 2.24) is 25.4 Å². The van der Waals surface area contributed by atoms with Crippen LogP contribution in [0.5, 0.6) is 0 Å². The maximum atomic E-state index is 12.6. The van der Waals surface area contributed by atoms with E-state index in [9.17, 15) is 14.7 Å². The van der Waals surface area contributed by atoms with Crippen molar-refractivity contribution < 1.29 is 14.7 Å². The van der Waals surface area contributed by atoms with E-state index in [1.165, 1.54) is 6.20 Å². The number of halogens is 1. The maximum absolute atomic E-state index is 12.6. The number of carbonyl (C=O) groups excluding carboxylic acids is 2. The van der Waals surface area contributed by atoms with Gasteiger partial charge in [0.2, 0.25) is 5.91 Å². The van der Waals surface area contributed by atoms with Gasteiger partial charge in [-0.3, -0.25) is 14.8 Å². The highest BCUT2D eigenvalue weighted by Gasteiger charge is 2.41. The molecule has 1 saturated carbocycles. The minimum atomic E-state index is -0.677. The van der Waals surface area contributed by atoms with Gasteiger partial charge in [0.05, 0.1) is 16.9 Å². The van der Waals surface area contributed by atoms with Crippen molar-refractivity contribution in [2.24, 2.45) is 11.3 Å². The van der Waals surface area contributed by atoms with Crippen LogP contribution in [0.15, 0.2) is 18.5 Å². The zero-order valence-electron chi connectivity index (χ0n) is 18.5. The third-order valence-electron chi connectivity index (χ3n) is 6.45. The van der Waals surface area contributed by atoms with Gasteiger partial charge in [0.1, 0.15) is 11.9 Å². The lowest BCUT2D eigenvalue weighted by Gasteiger charge is -2.28. The van der Waals surface area contributed by atoms with Crippen LogP contribution in [-0.4, -0.2) is 44.9 Å². The minimum absolute atomic E-state index is 0.0139. The van der Waals surface area contributed by atoms with Crippen molar-refractivity contribution >= 4 is 29.4 Å². The molecule has 3 heterocycles. The number of aliphatic hydroxyl groups excluding tert-OH is 1. The van der Waals surface area contributed by atoms with Crippen LogP contribution in [0.4, 0.5) is 10.6 Å². The lowest BCUT2D eigenvalue weighted by Crippen LogP contribution is -2.43. The van der Waals surface area contributed by atoms with Crippen LogP contribution >= 0.6 is 11.6 Å². The summed E-state index contributed by atoms with van der Waals surface area (Å²) in [5.74, 6) is 0.270. The molecule has 9 nitrogen and oxygen atoms in total. The Morgan fingerprint density at radius 2 is 2.03 bits per heavy atom. The number of hydrogen-bond acceptors (Lipinski definition) is 5. The van der Waals surface area contributed by atoms with E-state index in [0.29, 0.717) is 35.1 Å². The van der Waals surface area contributed by atoms with Gasteiger partial charge >= 0.3 is 6.03 Å². The summed E-state index contributed by atoms with van der Waals surface area (Å²) in [5.41, 5.74) is 1.75. The highest BCUT2D eigenvalue weighted by molar-refractivity contribution is 6.33. The summed E-state index contributed by atoms with van der Waals surface area (Å²) in [4.78, 5) is 28.7. The lowest BCUT2D eigenvalue weighted by molar-refractivity contribution is -0.125. The van der Waals surface area contributed by atoms with Gasteiger partial charge in [-0.15, -0.1) is 0 Å². The zero-order valence-corrected chi connectivity index (χ0v) is 19.2. The SMILES string of the molecule is CNC(=O)[C@H]1CCC[C@@H](NC(=O)Nc2cc(-c3cnn4c3C(O)C(C)(C)C4)c(Cl)cn2)C1. The van der Waals surface area contributed by atoms with Gasteiger partial charge in [0, 0.05) is 48.3 Å². The van der Waals surface area contributed by atoms with Crippen LogP contribution in [0, 0.1) is 11.3 Å². The van der Waals surface area contributed by atoms with E-state index in [2.05, 4.69) is 26.0 Å². The van der Waals surface area contributed by atoms with E-state index in [-0.39, 0.29) is 29.3 Å². The fourth-order valence-electron chi connectivity index (χ4n) is 4.67. The van der Waals surface area contributed by atoms with E-state index in [0.717, 1.165) is 24.8 Å². The molecule has 172 valence electrons. The van der Waals surface area contributed by atoms with Crippen LogP contribution in [0.3, 0.4) is 0 Å². The highest BCUT2D eigenvalue weighted by Crippen LogP contribution is 2.46. The van der Waals surface area contributed by atoms with Crippen LogP contribution in [0.25, 0.3) is 11.1 Å². The van der Waals surface area contributed by atoms with Gasteiger partial charge in [-0.2, -0.15) is 5.10 Å². The average Bonchev–Trinajstić information content (AvgIpc) is 3.25. The Kier molecular flexibility index (Phi) is 6.13. The molecule has 1 aliphatic heterocycles. The first-order valence-corrected chi connectivity index (χ1v) is 11.3. The molecule has 10 heteroatoms. The predicted molar refractivity (Wildman–Crippen MR) is 121 cm³/mol. The van der Waals surface area contributed by atoms with E-state index in [4.69, 9.17) is 11.6 Å². The Hall–Kier alpha value is -2.65. The molecular formula is C22H29ClN6O3. The molecule has 0 aromatic carbocycles. The first-order valence-electron chi connectivity index (χ1n) is 10.9. The van der Waals surface area contributed by atoms with E-state index < -0.39 is 6.10 Å². The third kappa shape index (κ3) is 4.31. The molecule has 4 rings (SSSR count). The number of nitrogens with one attached hydrogen (secondary N) is 3. The van der Waals surface area contributed by atoms with Crippen LogP contribution < -0.4 is 16.0 Å². The summed E-state index contributed by atoms with van der Waals surface area (Å²) in [6.45, 7) is 4.58. The number of rotatable bonds is 4. The second kappa shape index (κ2) is 8.71. The molecule has 1 fully saturated rings. The number of hydrogen-bond donors (Lipinski definition) is 4. The van der Waals surface area contributed by atoms with Crippen molar-refractivity contribution in [3.63, 3.8) is 0 Å². The Balaban J connectivity index is 1.48. The number of nitrogens with zero attached hydrogens (tertiary/aromatic N) is 3. The molecule has 0 radical (unpaired) electrons. The molecule has 2 aromatic rings. The Labute approximate surface area is 191 Å². The number of aromatic nitrogens is 3.